The number of fused-ring (bicyclic) bond motifs is 1. The molecule has 2 atom stereocenters. The van der Waals surface area contributed by atoms with Gasteiger partial charge in [-0.2, -0.15) is 0 Å². The van der Waals surface area contributed by atoms with Gasteiger partial charge in [-0.3, -0.25) is 4.90 Å². The van der Waals surface area contributed by atoms with Gasteiger partial charge in [-0.25, -0.2) is 9.37 Å². The van der Waals surface area contributed by atoms with Crippen molar-refractivity contribution >= 4 is 5.65 Å². The van der Waals surface area contributed by atoms with Crippen molar-refractivity contribution in [3.8, 4) is 0 Å². The minimum absolute atomic E-state index is 0.0154. The maximum absolute atomic E-state index is 13.6. The fraction of sp³-hybridized carbons (Fsp3) is 0.316. The molecule has 1 aliphatic heterocycles. The number of imidazole rings is 1. The van der Waals surface area contributed by atoms with Crippen molar-refractivity contribution < 1.29 is 9.50 Å². The molecule has 1 aromatic carbocycles. The van der Waals surface area contributed by atoms with Crippen LogP contribution in [0.5, 0.6) is 0 Å². The first-order valence-electron chi connectivity index (χ1n) is 8.21. The Balaban J connectivity index is 1.62. The molecule has 4 rings (SSSR count). The minimum Gasteiger partial charge on any atom is -0.392 e. The van der Waals surface area contributed by atoms with Crippen molar-refractivity contribution in [1.82, 2.24) is 14.3 Å². The highest BCUT2D eigenvalue weighted by atomic mass is 19.1. The van der Waals surface area contributed by atoms with E-state index in [4.69, 9.17) is 4.98 Å². The lowest BCUT2D eigenvalue weighted by atomic mass is 10.0. The predicted octanol–water partition coefficient (Wildman–Crippen LogP) is 3.09. The van der Waals surface area contributed by atoms with E-state index in [1.807, 2.05) is 41.9 Å². The molecule has 4 nitrogen and oxygen atoms in total. The van der Waals surface area contributed by atoms with Gasteiger partial charge in [-0.1, -0.05) is 18.2 Å². The number of β-amino-alcohol motifs (C(OH)–C–C–N with tert-alkyl or cyclic N) is 1. The number of hydrogen-bond donors (Lipinski definition) is 1. The van der Waals surface area contributed by atoms with Crippen LogP contribution in [0.3, 0.4) is 0 Å². The highest BCUT2D eigenvalue weighted by Crippen LogP contribution is 2.33. The lowest BCUT2D eigenvalue weighted by Crippen LogP contribution is -2.24. The fourth-order valence-electron chi connectivity index (χ4n) is 3.60. The number of pyridine rings is 1. The molecule has 1 saturated heterocycles. The zero-order chi connectivity index (χ0) is 16.7. The molecular formula is C19H20FN3O. The number of aliphatic hydroxyl groups excluding tert-OH is 1. The van der Waals surface area contributed by atoms with Crippen LogP contribution in [0, 0.1) is 12.7 Å². The molecule has 2 aromatic heterocycles. The van der Waals surface area contributed by atoms with Crippen molar-refractivity contribution in [3.05, 3.63) is 71.4 Å². The van der Waals surface area contributed by atoms with E-state index in [-0.39, 0.29) is 11.9 Å². The quantitative estimate of drug-likeness (QED) is 0.804. The largest absolute Gasteiger partial charge is 0.392 e. The number of nitrogens with zero attached hydrogens (tertiary/aromatic N) is 3. The van der Waals surface area contributed by atoms with Crippen LogP contribution in [-0.4, -0.2) is 32.0 Å². The predicted molar refractivity (Wildman–Crippen MR) is 90.1 cm³/mol. The first-order chi connectivity index (χ1) is 11.6. The summed E-state index contributed by atoms with van der Waals surface area (Å²) in [5.74, 6) is -0.239. The molecule has 0 amide bonds. The Morgan fingerprint density at radius 3 is 2.96 bits per heavy atom. The number of aryl methyl sites for hydroxylation is 1. The van der Waals surface area contributed by atoms with E-state index in [0.29, 0.717) is 19.5 Å². The third-order valence-electron chi connectivity index (χ3n) is 4.71. The molecule has 0 radical (unpaired) electrons. The number of aliphatic hydroxyl groups is 1. The van der Waals surface area contributed by atoms with Crippen LogP contribution in [0.1, 0.15) is 29.3 Å². The Kier molecular flexibility index (Phi) is 3.82. The van der Waals surface area contributed by atoms with E-state index in [2.05, 4.69) is 4.90 Å². The van der Waals surface area contributed by atoms with E-state index >= 15 is 0 Å². The van der Waals surface area contributed by atoms with E-state index in [1.165, 1.54) is 6.07 Å². The molecule has 24 heavy (non-hydrogen) atoms. The molecule has 0 saturated carbocycles. The zero-order valence-electron chi connectivity index (χ0n) is 13.6. The van der Waals surface area contributed by atoms with Crippen LogP contribution in [-0.2, 0) is 6.54 Å². The molecule has 1 fully saturated rings. The highest BCUT2D eigenvalue weighted by molar-refractivity contribution is 5.47. The smallest absolute Gasteiger partial charge is 0.139 e. The van der Waals surface area contributed by atoms with Crippen LogP contribution < -0.4 is 0 Å². The summed E-state index contributed by atoms with van der Waals surface area (Å²) in [5, 5.41) is 10.1. The maximum atomic E-state index is 13.6. The lowest BCUT2D eigenvalue weighted by molar-refractivity contribution is 0.172. The van der Waals surface area contributed by atoms with Gasteiger partial charge in [0, 0.05) is 31.5 Å². The summed E-state index contributed by atoms with van der Waals surface area (Å²) in [4.78, 5) is 6.89. The normalized spacial score (nSPS) is 21.6. The number of likely N-dealkylation sites (tertiary alicyclic amines) is 1. The van der Waals surface area contributed by atoms with Crippen LogP contribution in [0.25, 0.3) is 5.65 Å². The van der Waals surface area contributed by atoms with Gasteiger partial charge < -0.3 is 9.51 Å². The molecule has 3 heterocycles. The molecular weight excluding hydrogens is 305 g/mol. The lowest BCUT2D eigenvalue weighted by Gasteiger charge is -2.23. The first kappa shape index (κ1) is 15.3. The highest BCUT2D eigenvalue weighted by Gasteiger charge is 2.32. The minimum atomic E-state index is -0.392. The topological polar surface area (TPSA) is 40.8 Å². The Bertz CT molecular complexity index is 876. The molecule has 1 N–H and O–H groups in total. The van der Waals surface area contributed by atoms with Gasteiger partial charge in [0.1, 0.15) is 11.5 Å². The number of rotatable bonds is 3. The second-order valence-corrected chi connectivity index (χ2v) is 6.54. The standard InChI is InChI=1S/C19H20FN3O/c1-13-4-3-7-22-10-16(21-19(13)22)11-23-12-17(24)9-18(23)14-5-2-6-15(20)8-14/h2-8,10,17-18,24H,9,11-12H2,1H3. The van der Waals surface area contributed by atoms with Gasteiger partial charge in [-0.05, 0) is 42.7 Å². The molecule has 1 aliphatic rings. The van der Waals surface area contributed by atoms with E-state index in [0.717, 1.165) is 22.5 Å². The van der Waals surface area contributed by atoms with Crippen molar-refractivity contribution in [1.29, 1.82) is 0 Å². The number of hydrogen-bond acceptors (Lipinski definition) is 3. The van der Waals surface area contributed by atoms with Gasteiger partial charge in [0.05, 0.1) is 11.8 Å². The van der Waals surface area contributed by atoms with Crippen molar-refractivity contribution in [2.24, 2.45) is 0 Å². The van der Waals surface area contributed by atoms with Crippen molar-refractivity contribution in [2.75, 3.05) is 6.54 Å². The number of aromatic nitrogens is 2. The zero-order valence-corrected chi connectivity index (χ0v) is 13.6. The van der Waals surface area contributed by atoms with Crippen LogP contribution in [0.15, 0.2) is 48.8 Å². The molecule has 0 aliphatic carbocycles. The summed E-state index contributed by atoms with van der Waals surface area (Å²) < 4.78 is 15.6. The molecule has 124 valence electrons. The van der Waals surface area contributed by atoms with Gasteiger partial charge in [0.25, 0.3) is 0 Å². The van der Waals surface area contributed by atoms with Crippen LogP contribution in [0.2, 0.25) is 0 Å². The van der Waals surface area contributed by atoms with Crippen molar-refractivity contribution in [2.45, 2.75) is 32.0 Å². The van der Waals surface area contributed by atoms with Crippen LogP contribution in [0.4, 0.5) is 4.39 Å². The Labute approximate surface area is 140 Å². The third-order valence-corrected chi connectivity index (χ3v) is 4.71. The summed E-state index contributed by atoms with van der Waals surface area (Å²) in [6.45, 7) is 3.26. The molecule has 3 aromatic rings. The molecule has 2 unspecified atom stereocenters. The molecule has 0 spiro atoms. The average Bonchev–Trinajstić information content (AvgIpc) is 3.12. The van der Waals surface area contributed by atoms with E-state index in [9.17, 15) is 9.50 Å². The third kappa shape index (κ3) is 2.81. The van der Waals surface area contributed by atoms with Gasteiger partial charge in [0.15, 0.2) is 0 Å². The van der Waals surface area contributed by atoms with Crippen LogP contribution >= 0.6 is 0 Å². The molecule has 0 bridgehead atoms. The van der Waals surface area contributed by atoms with E-state index < -0.39 is 6.10 Å². The fourth-order valence-corrected chi connectivity index (χ4v) is 3.60. The van der Waals surface area contributed by atoms with Gasteiger partial charge in [-0.15, -0.1) is 0 Å². The summed E-state index contributed by atoms with van der Waals surface area (Å²) >= 11 is 0. The Hall–Kier alpha value is -2.24. The van der Waals surface area contributed by atoms with Gasteiger partial charge >= 0.3 is 0 Å². The Morgan fingerprint density at radius 2 is 2.17 bits per heavy atom. The second-order valence-electron chi connectivity index (χ2n) is 6.54. The van der Waals surface area contributed by atoms with Gasteiger partial charge in [0.2, 0.25) is 0 Å². The summed E-state index contributed by atoms with van der Waals surface area (Å²) in [6, 6.07) is 10.7. The van der Waals surface area contributed by atoms with E-state index in [1.54, 1.807) is 12.1 Å². The molecule has 5 heteroatoms. The summed E-state index contributed by atoms with van der Waals surface area (Å²) in [6.07, 6.45) is 4.24. The Morgan fingerprint density at radius 1 is 1.29 bits per heavy atom. The van der Waals surface area contributed by atoms with Crippen molar-refractivity contribution in [3.63, 3.8) is 0 Å². The number of benzene rings is 1. The second kappa shape index (κ2) is 6.00. The summed E-state index contributed by atoms with van der Waals surface area (Å²) in [7, 11) is 0. The SMILES string of the molecule is Cc1cccn2cc(CN3CC(O)CC3c3cccc(F)c3)nc12. The number of halogens is 1. The average molecular weight is 325 g/mol. The monoisotopic (exact) mass is 325 g/mol. The maximum Gasteiger partial charge on any atom is 0.139 e. The summed E-state index contributed by atoms with van der Waals surface area (Å²) in [5.41, 5.74) is 3.95. The first-order valence-corrected chi connectivity index (χ1v) is 8.21.